The molecule has 2 atom stereocenters. The van der Waals surface area contributed by atoms with Crippen LogP contribution in [0.1, 0.15) is 43.4 Å². The van der Waals surface area contributed by atoms with Gasteiger partial charge in [-0.2, -0.15) is 0 Å². The molecule has 0 spiro atoms. The zero-order chi connectivity index (χ0) is 26.6. The Morgan fingerprint density at radius 1 is 0.973 bits per heavy atom. The summed E-state index contributed by atoms with van der Waals surface area (Å²) in [5, 5.41) is 2.89. The Kier molecular flexibility index (Phi) is 7.90. The molecule has 1 aliphatic heterocycles. The summed E-state index contributed by atoms with van der Waals surface area (Å²) in [7, 11) is 0. The summed E-state index contributed by atoms with van der Waals surface area (Å²) in [4.78, 5) is 17.6. The molecule has 9 heteroatoms. The van der Waals surface area contributed by atoms with Gasteiger partial charge in [0.15, 0.2) is 0 Å². The van der Waals surface area contributed by atoms with Crippen LogP contribution >= 0.6 is 0 Å². The quantitative estimate of drug-likeness (QED) is 0.259. The molecule has 0 fully saturated rings. The highest BCUT2D eigenvalue weighted by atomic mass is 19.4. The molecule has 1 unspecified atom stereocenters. The van der Waals surface area contributed by atoms with Gasteiger partial charge in [0.1, 0.15) is 17.4 Å². The number of halogens is 5. The van der Waals surface area contributed by atoms with Crippen LogP contribution in [0.5, 0.6) is 5.75 Å². The third-order valence-corrected chi connectivity index (χ3v) is 6.18. The Balaban J connectivity index is 1.60. The first-order valence-electron chi connectivity index (χ1n) is 11.9. The molecule has 1 N–H and O–H groups in total. The van der Waals surface area contributed by atoms with Crippen LogP contribution in [0.3, 0.4) is 0 Å². The third-order valence-electron chi connectivity index (χ3n) is 6.18. The largest absolute Gasteiger partial charge is 0.573 e. The molecule has 0 aromatic heterocycles. The molecular formula is C28H25F5N2O2. The maximum Gasteiger partial charge on any atom is 0.573 e. The molecule has 1 amide bonds. The topological polar surface area (TPSA) is 50.7 Å². The molecule has 0 saturated carbocycles. The summed E-state index contributed by atoms with van der Waals surface area (Å²) < 4.78 is 70.1. The Labute approximate surface area is 211 Å². The van der Waals surface area contributed by atoms with Crippen LogP contribution in [0.15, 0.2) is 71.7 Å². The summed E-state index contributed by atoms with van der Waals surface area (Å²) in [5.74, 6) is -2.68. The van der Waals surface area contributed by atoms with E-state index in [9.17, 15) is 26.7 Å². The van der Waals surface area contributed by atoms with Gasteiger partial charge in [0.05, 0.1) is 17.5 Å². The highest BCUT2D eigenvalue weighted by Gasteiger charge is 2.37. The predicted molar refractivity (Wildman–Crippen MR) is 130 cm³/mol. The number of nitrogens with one attached hydrogen (secondary N) is 1. The Bertz CT molecular complexity index is 1250. The fourth-order valence-corrected chi connectivity index (χ4v) is 4.35. The van der Waals surface area contributed by atoms with Crippen molar-refractivity contribution in [1.82, 2.24) is 5.32 Å². The van der Waals surface area contributed by atoms with Gasteiger partial charge in [0.25, 0.3) is 0 Å². The van der Waals surface area contributed by atoms with Crippen molar-refractivity contribution in [1.29, 1.82) is 0 Å². The molecule has 1 aliphatic rings. The van der Waals surface area contributed by atoms with E-state index in [2.05, 4.69) is 15.0 Å². The molecule has 4 rings (SSSR count). The molecule has 1 heterocycles. The van der Waals surface area contributed by atoms with E-state index in [1.165, 1.54) is 30.3 Å². The van der Waals surface area contributed by atoms with E-state index in [0.29, 0.717) is 17.7 Å². The summed E-state index contributed by atoms with van der Waals surface area (Å²) >= 11 is 0. The molecule has 0 aliphatic carbocycles. The van der Waals surface area contributed by atoms with Crippen LogP contribution < -0.4 is 10.1 Å². The molecule has 37 heavy (non-hydrogen) atoms. The lowest BCUT2D eigenvalue weighted by molar-refractivity contribution is -0.274. The fourth-order valence-electron chi connectivity index (χ4n) is 4.35. The third kappa shape index (κ3) is 6.34. The lowest BCUT2D eigenvalue weighted by Gasteiger charge is -2.18. The van der Waals surface area contributed by atoms with Crippen molar-refractivity contribution in [3.8, 4) is 16.9 Å². The standard InChI is InChI=1S/C28H25F5N2O2/c1-2-3-15-34-27(36)21-16-24(25-22(29)5-4-6-23(25)30)35-26(21)19-9-7-17(8-10-19)18-11-13-20(14-12-18)37-28(31,32)33/h4-14,21,26H,2-3,15-16H2,1H3,(H,34,36)/t21?,26-/m0/s1. The van der Waals surface area contributed by atoms with Crippen LogP contribution in [-0.2, 0) is 4.79 Å². The van der Waals surface area contributed by atoms with Crippen molar-refractivity contribution in [2.45, 2.75) is 38.6 Å². The van der Waals surface area contributed by atoms with Gasteiger partial charge in [-0.25, -0.2) is 8.78 Å². The molecule has 4 nitrogen and oxygen atoms in total. The molecule has 3 aromatic carbocycles. The molecule has 194 valence electrons. The lowest BCUT2D eigenvalue weighted by Crippen LogP contribution is -2.33. The normalized spacial score (nSPS) is 17.4. The van der Waals surface area contributed by atoms with Crippen molar-refractivity contribution in [2.24, 2.45) is 10.9 Å². The second-order valence-corrected chi connectivity index (χ2v) is 8.77. The summed E-state index contributed by atoms with van der Waals surface area (Å²) in [6, 6.07) is 15.5. The second kappa shape index (κ2) is 11.1. The number of rotatable bonds is 8. The molecule has 0 saturated heterocycles. The number of alkyl halides is 3. The number of ether oxygens (including phenoxy) is 1. The predicted octanol–water partition coefficient (Wildman–Crippen LogP) is 7.00. The Hall–Kier alpha value is -3.75. The monoisotopic (exact) mass is 516 g/mol. The van der Waals surface area contributed by atoms with E-state index >= 15 is 0 Å². The van der Waals surface area contributed by atoms with E-state index in [0.717, 1.165) is 30.5 Å². The van der Waals surface area contributed by atoms with Gasteiger partial charge in [-0.3, -0.25) is 9.79 Å². The average molecular weight is 517 g/mol. The fraction of sp³-hybridized carbons (Fsp3) is 0.286. The number of amides is 1. The number of aliphatic imine (C=N–C) groups is 1. The van der Waals surface area contributed by atoms with E-state index < -0.39 is 30.0 Å². The number of carbonyl (C=O) groups is 1. The van der Waals surface area contributed by atoms with Crippen molar-refractivity contribution >= 4 is 11.6 Å². The van der Waals surface area contributed by atoms with Gasteiger partial charge in [0.2, 0.25) is 5.91 Å². The van der Waals surface area contributed by atoms with Crippen molar-refractivity contribution < 1.29 is 31.5 Å². The van der Waals surface area contributed by atoms with Crippen molar-refractivity contribution in [3.63, 3.8) is 0 Å². The molecule has 0 bridgehead atoms. The number of benzene rings is 3. The maximum absolute atomic E-state index is 14.5. The zero-order valence-corrected chi connectivity index (χ0v) is 20.0. The summed E-state index contributed by atoms with van der Waals surface area (Å²) in [6.45, 7) is 2.50. The summed E-state index contributed by atoms with van der Waals surface area (Å²) in [6.07, 6.45) is -2.97. The minimum Gasteiger partial charge on any atom is -0.406 e. The van der Waals surface area contributed by atoms with E-state index in [1.54, 1.807) is 24.3 Å². The van der Waals surface area contributed by atoms with Crippen LogP contribution in [0.2, 0.25) is 0 Å². The van der Waals surface area contributed by atoms with Gasteiger partial charge < -0.3 is 10.1 Å². The minimum absolute atomic E-state index is 0.0862. The van der Waals surface area contributed by atoms with Gasteiger partial charge in [0, 0.05) is 18.7 Å². The highest BCUT2D eigenvalue weighted by Crippen LogP contribution is 2.38. The molecule has 0 radical (unpaired) electrons. The average Bonchev–Trinajstić information content (AvgIpc) is 3.29. The van der Waals surface area contributed by atoms with Crippen LogP contribution in [0.25, 0.3) is 11.1 Å². The number of nitrogens with zero attached hydrogens (tertiary/aromatic N) is 1. The first kappa shape index (κ1) is 26.3. The van der Waals surface area contributed by atoms with Crippen LogP contribution in [-0.4, -0.2) is 24.5 Å². The first-order chi connectivity index (χ1) is 17.7. The molecular weight excluding hydrogens is 491 g/mol. The smallest absolute Gasteiger partial charge is 0.406 e. The van der Waals surface area contributed by atoms with Crippen LogP contribution in [0.4, 0.5) is 22.0 Å². The van der Waals surface area contributed by atoms with Gasteiger partial charge in [-0.05, 0) is 47.4 Å². The highest BCUT2D eigenvalue weighted by molar-refractivity contribution is 6.05. The molecule has 3 aromatic rings. The number of carbonyl (C=O) groups excluding carboxylic acids is 1. The van der Waals surface area contributed by atoms with Gasteiger partial charge >= 0.3 is 6.36 Å². The first-order valence-corrected chi connectivity index (χ1v) is 11.9. The van der Waals surface area contributed by atoms with E-state index in [-0.39, 0.29) is 29.4 Å². The minimum atomic E-state index is -4.77. The number of unbranched alkanes of at least 4 members (excludes halogenated alkanes) is 1. The van der Waals surface area contributed by atoms with Crippen molar-refractivity contribution in [3.05, 3.63) is 89.5 Å². The van der Waals surface area contributed by atoms with Crippen LogP contribution in [0, 0.1) is 17.6 Å². The Morgan fingerprint density at radius 2 is 1.57 bits per heavy atom. The van der Waals surface area contributed by atoms with E-state index in [1.807, 2.05) is 6.92 Å². The maximum atomic E-state index is 14.5. The van der Waals surface area contributed by atoms with Gasteiger partial charge in [-0.15, -0.1) is 13.2 Å². The number of hydrogen-bond donors (Lipinski definition) is 1. The lowest BCUT2D eigenvalue weighted by atomic mass is 9.89. The number of hydrogen-bond acceptors (Lipinski definition) is 3. The van der Waals surface area contributed by atoms with Crippen molar-refractivity contribution in [2.75, 3.05) is 6.54 Å². The zero-order valence-electron chi connectivity index (χ0n) is 20.0. The second-order valence-electron chi connectivity index (χ2n) is 8.77. The van der Waals surface area contributed by atoms with E-state index in [4.69, 9.17) is 0 Å². The SMILES string of the molecule is CCCCNC(=O)C1CC(c2c(F)cccc2F)=N[C@H]1c1ccc(-c2ccc(OC(F)(F)F)cc2)cc1. The summed E-state index contributed by atoms with van der Waals surface area (Å²) in [5.41, 5.74) is 2.05. The van der Waals surface area contributed by atoms with Gasteiger partial charge in [-0.1, -0.05) is 55.8 Å². The Morgan fingerprint density at radius 3 is 2.14 bits per heavy atom.